The Bertz CT molecular complexity index is 1370. The number of nitrogens with zero attached hydrogens (tertiary/aromatic N) is 1. The van der Waals surface area contributed by atoms with Gasteiger partial charge in [-0.2, -0.15) is 0 Å². The summed E-state index contributed by atoms with van der Waals surface area (Å²) in [6, 6.07) is 15.3. The number of carbonyl (C=O) groups excluding carboxylic acids is 4. The molecule has 2 N–H and O–H groups in total. The van der Waals surface area contributed by atoms with Crippen LogP contribution in [0.4, 0.5) is 14.5 Å². The summed E-state index contributed by atoms with van der Waals surface area (Å²) in [6.07, 6.45) is -0.364. The summed E-state index contributed by atoms with van der Waals surface area (Å²) in [6.45, 7) is 1.39. The third-order valence-corrected chi connectivity index (χ3v) is 5.89. The molecule has 2 atom stereocenters. The summed E-state index contributed by atoms with van der Waals surface area (Å²) >= 11 is 0. The lowest BCUT2D eigenvalue weighted by molar-refractivity contribution is -0.146. The minimum Gasteiger partial charge on any atom is -0.468 e. The molecule has 0 fully saturated rings. The van der Waals surface area contributed by atoms with Gasteiger partial charge < -0.3 is 10.1 Å². The van der Waals surface area contributed by atoms with E-state index in [9.17, 15) is 28.0 Å². The summed E-state index contributed by atoms with van der Waals surface area (Å²) in [5.74, 6) is -5.95. The molecule has 0 bridgehead atoms. The molecule has 3 amide bonds. The number of anilines is 1. The van der Waals surface area contributed by atoms with Gasteiger partial charge in [-0.3, -0.25) is 24.6 Å². The van der Waals surface area contributed by atoms with E-state index in [0.717, 1.165) is 17.1 Å². The molecule has 0 spiro atoms. The van der Waals surface area contributed by atoms with Gasteiger partial charge in [0.1, 0.15) is 17.7 Å². The van der Waals surface area contributed by atoms with Crippen molar-refractivity contribution in [1.29, 1.82) is 0 Å². The number of halogens is 2. The summed E-state index contributed by atoms with van der Waals surface area (Å²) in [4.78, 5) is 51.7. The van der Waals surface area contributed by atoms with Crippen LogP contribution >= 0.6 is 0 Å². The molecule has 0 radical (unpaired) electrons. The number of nitrogens with one attached hydrogen (secondary N) is 2. The fourth-order valence-corrected chi connectivity index (χ4v) is 4.20. The maximum absolute atomic E-state index is 13.6. The van der Waals surface area contributed by atoms with Gasteiger partial charge in [-0.15, -0.1) is 0 Å². The smallest absolute Gasteiger partial charge is 0.322 e. The fourth-order valence-electron chi connectivity index (χ4n) is 4.20. The van der Waals surface area contributed by atoms with Crippen molar-refractivity contribution < 1.29 is 32.7 Å². The summed E-state index contributed by atoms with van der Waals surface area (Å²) in [7, 11) is 1.17. The highest BCUT2D eigenvalue weighted by Gasteiger charge is 2.40. The number of fused-ring (bicyclic) bond motifs is 3. The van der Waals surface area contributed by atoms with Gasteiger partial charge in [-0.1, -0.05) is 42.5 Å². The van der Waals surface area contributed by atoms with E-state index in [1.165, 1.54) is 14.0 Å². The monoisotopic (exact) mass is 507 g/mol. The molecule has 37 heavy (non-hydrogen) atoms. The number of methoxy groups -OCH3 is 1. The van der Waals surface area contributed by atoms with Crippen LogP contribution in [-0.4, -0.2) is 36.8 Å². The Balaban J connectivity index is 1.58. The van der Waals surface area contributed by atoms with Crippen molar-refractivity contribution in [2.45, 2.75) is 25.3 Å². The first kappa shape index (κ1) is 25.5. The van der Waals surface area contributed by atoms with E-state index in [2.05, 4.69) is 10.7 Å². The van der Waals surface area contributed by atoms with E-state index < -0.39 is 47.3 Å². The van der Waals surface area contributed by atoms with Gasteiger partial charge in [-0.05, 0) is 41.8 Å². The zero-order valence-electron chi connectivity index (χ0n) is 20.0. The Morgan fingerprint density at radius 3 is 2.27 bits per heavy atom. The molecule has 1 aliphatic heterocycles. The number of carbonyl (C=O) groups is 4. The van der Waals surface area contributed by atoms with Crippen LogP contribution in [0.3, 0.4) is 0 Å². The van der Waals surface area contributed by atoms with Gasteiger partial charge in [0.05, 0.1) is 19.2 Å². The largest absolute Gasteiger partial charge is 0.468 e. The van der Waals surface area contributed by atoms with Crippen LogP contribution in [-0.2, 0) is 30.3 Å². The van der Waals surface area contributed by atoms with E-state index in [-0.39, 0.29) is 12.0 Å². The fraction of sp³-hybridized carbons (Fsp3) is 0.185. The van der Waals surface area contributed by atoms with E-state index in [4.69, 9.17) is 4.74 Å². The van der Waals surface area contributed by atoms with Gasteiger partial charge >= 0.3 is 5.97 Å². The highest BCUT2D eigenvalue weighted by molar-refractivity contribution is 6.15. The second-order valence-electron chi connectivity index (χ2n) is 8.45. The standard InChI is InChI=1S/C27H23F2N3O5/c1-15(30-23(33)13-16-11-17(28)14-18(29)12-16)25(34)31-32-22-10-6-5-8-20(22)19-7-3-4-9-21(19)24(26(32)35)27(36)37-2/h3-12,14-15,24H,13H2,1-2H3,(H,30,33)(H,31,34)/t15-,24?/m0/s1. The average Bonchev–Trinajstić information content (AvgIpc) is 2.96. The molecule has 10 heteroatoms. The van der Waals surface area contributed by atoms with E-state index in [1.54, 1.807) is 48.5 Å². The van der Waals surface area contributed by atoms with E-state index in [0.29, 0.717) is 28.4 Å². The molecule has 1 aliphatic rings. The first-order chi connectivity index (χ1) is 17.7. The average molecular weight is 507 g/mol. The topological polar surface area (TPSA) is 105 Å². The van der Waals surface area contributed by atoms with Crippen LogP contribution in [0.5, 0.6) is 0 Å². The van der Waals surface area contributed by atoms with Gasteiger partial charge in [0.15, 0.2) is 5.92 Å². The highest BCUT2D eigenvalue weighted by atomic mass is 19.1. The third kappa shape index (κ3) is 5.32. The Kier molecular flexibility index (Phi) is 7.28. The third-order valence-electron chi connectivity index (χ3n) is 5.89. The molecule has 1 unspecified atom stereocenters. The van der Waals surface area contributed by atoms with Crippen molar-refractivity contribution in [3.05, 3.63) is 89.5 Å². The number of amides is 3. The van der Waals surface area contributed by atoms with E-state index in [1.807, 2.05) is 0 Å². The van der Waals surface area contributed by atoms with Crippen molar-refractivity contribution >= 4 is 29.4 Å². The van der Waals surface area contributed by atoms with Crippen molar-refractivity contribution in [1.82, 2.24) is 10.7 Å². The Morgan fingerprint density at radius 1 is 0.973 bits per heavy atom. The first-order valence-electron chi connectivity index (χ1n) is 11.3. The number of benzene rings is 3. The van der Waals surface area contributed by atoms with Crippen LogP contribution in [0.25, 0.3) is 11.1 Å². The van der Waals surface area contributed by atoms with Crippen molar-refractivity contribution in [3.8, 4) is 11.1 Å². The van der Waals surface area contributed by atoms with Crippen LogP contribution in [0.2, 0.25) is 0 Å². The van der Waals surface area contributed by atoms with E-state index >= 15 is 0 Å². The van der Waals surface area contributed by atoms with Crippen molar-refractivity contribution in [3.63, 3.8) is 0 Å². The maximum Gasteiger partial charge on any atom is 0.322 e. The molecule has 0 aliphatic carbocycles. The van der Waals surface area contributed by atoms with Crippen molar-refractivity contribution in [2.75, 3.05) is 12.1 Å². The van der Waals surface area contributed by atoms with Crippen LogP contribution in [0.1, 0.15) is 24.0 Å². The van der Waals surface area contributed by atoms with Gasteiger partial charge in [0.2, 0.25) is 5.91 Å². The molecule has 3 aromatic rings. The maximum atomic E-state index is 13.6. The summed E-state index contributed by atoms with van der Waals surface area (Å²) < 4.78 is 31.7. The number of esters is 1. The Morgan fingerprint density at radius 2 is 1.59 bits per heavy atom. The normalized spacial score (nSPS) is 15.1. The number of ether oxygens (including phenoxy) is 1. The lowest BCUT2D eigenvalue weighted by atomic mass is 9.91. The van der Waals surface area contributed by atoms with Crippen LogP contribution < -0.4 is 15.8 Å². The number of hydrazine groups is 1. The molecule has 8 nitrogen and oxygen atoms in total. The Labute approximate surface area is 211 Å². The summed E-state index contributed by atoms with van der Waals surface area (Å²) in [5.41, 5.74) is 4.57. The summed E-state index contributed by atoms with van der Waals surface area (Å²) in [5, 5.41) is 3.42. The van der Waals surface area contributed by atoms with Crippen LogP contribution in [0, 0.1) is 11.6 Å². The molecule has 4 rings (SSSR count). The zero-order valence-corrected chi connectivity index (χ0v) is 20.0. The number of hydrogen-bond donors (Lipinski definition) is 2. The highest BCUT2D eigenvalue weighted by Crippen LogP contribution is 2.40. The molecule has 0 saturated carbocycles. The SMILES string of the molecule is COC(=O)C1C(=O)N(NC(=O)[C@H](C)NC(=O)Cc2cc(F)cc(F)c2)c2ccccc2-c2ccccc21. The van der Waals surface area contributed by atoms with Gasteiger partial charge in [-0.25, -0.2) is 13.8 Å². The number of para-hydroxylation sites is 1. The molecule has 1 heterocycles. The van der Waals surface area contributed by atoms with Gasteiger partial charge in [0.25, 0.3) is 11.8 Å². The van der Waals surface area contributed by atoms with Crippen molar-refractivity contribution in [2.24, 2.45) is 0 Å². The predicted molar refractivity (Wildman–Crippen MR) is 130 cm³/mol. The quantitative estimate of drug-likeness (QED) is 0.394. The lowest BCUT2D eigenvalue weighted by Gasteiger charge is -2.27. The minimum absolute atomic E-state index is 0.0953. The molecule has 0 aromatic heterocycles. The Hall–Kier alpha value is -4.60. The zero-order chi connectivity index (χ0) is 26.7. The second-order valence-corrected chi connectivity index (χ2v) is 8.45. The first-order valence-corrected chi connectivity index (χ1v) is 11.3. The minimum atomic E-state index is -1.35. The number of hydrogen-bond acceptors (Lipinski definition) is 5. The second kappa shape index (κ2) is 10.6. The predicted octanol–water partition coefficient (Wildman–Crippen LogP) is 3.01. The molecular formula is C27H23F2N3O5. The molecular weight excluding hydrogens is 484 g/mol. The lowest BCUT2D eigenvalue weighted by Crippen LogP contribution is -2.55. The molecule has 0 saturated heterocycles. The number of rotatable bonds is 6. The molecule has 3 aromatic carbocycles. The molecule has 190 valence electrons. The van der Waals surface area contributed by atoms with Crippen LogP contribution in [0.15, 0.2) is 66.7 Å². The van der Waals surface area contributed by atoms with Gasteiger partial charge in [0, 0.05) is 11.6 Å².